The number of rotatable bonds is 4. The van der Waals surface area contributed by atoms with E-state index in [9.17, 15) is 4.79 Å². The number of hydrogen-bond acceptors (Lipinski definition) is 1. The lowest BCUT2D eigenvalue weighted by Crippen LogP contribution is -2.34. The predicted molar refractivity (Wildman–Crippen MR) is 95.4 cm³/mol. The molecule has 0 saturated heterocycles. The molecule has 0 bridgehead atoms. The van der Waals surface area contributed by atoms with E-state index in [0.717, 1.165) is 30.0 Å². The van der Waals surface area contributed by atoms with Crippen molar-refractivity contribution in [3.8, 4) is 0 Å². The molecule has 2 aromatic carbocycles. The van der Waals surface area contributed by atoms with Crippen molar-refractivity contribution >= 4 is 23.1 Å². The lowest BCUT2D eigenvalue weighted by molar-refractivity contribution is -0.130. The normalized spacial score (nSPS) is 14.5. The van der Waals surface area contributed by atoms with Gasteiger partial charge in [0, 0.05) is 24.5 Å². The summed E-state index contributed by atoms with van der Waals surface area (Å²) in [7, 11) is 0. The van der Waals surface area contributed by atoms with Gasteiger partial charge in [-0.3, -0.25) is 4.79 Å². The number of carbonyl (C=O) groups excluding carboxylic acids is 1. The van der Waals surface area contributed by atoms with Gasteiger partial charge in [0.15, 0.2) is 0 Å². The number of hydrogen-bond donors (Lipinski definition) is 0. The summed E-state index contributed by atoms with van der Waals surface area (Å²) in [5.41, 5.74) is 3.71. The minimum absolute atomic E-state index is 0.216. The van der Waals surface area contributed by atoms with Gasteiger partial charge in [-0.05, 0) is 41.7 Å². The molecule has 0 N–H and O–H groups in total. The van der Waals surface area contributed by atoms with E-state index in [4.69, 9.17) is 11.6 Å². The van der Waals surface area contributed by atoms with Crippen LogP contribution in [-0.4, -0.2) is 23.9 Å². The number of carbonyl (C=O) groups is 1. The maximum atomic E-state index is 12.4. The third-order valence-corrected chi connectivity index (χ3v) is 4.46. The molecular formula is C20H20ClNO. The second kappa shape index (κ2) is 7.47. The summed E-state index contributed by atoms with van der Waals surface area (Å²) in [5, 5.41) is 0.725. The highest BCUT2D eigenvalue weighted by atomic mass is 35.5. The first-order valence-electron chi connectivity index (χ1n) is 7.99. The van der Waals surface area contributed by atoms with Gasteiger partial charge in [-0.15, -0.1) is 0 Å². The summed E-state index contributed by atoms with van der Waals surface area (Å²) in [5.74, 6) is 0.216. The Morgan fingerprint density at radius 3 is 2.61 bits per heavy atom. The Hall–Kier alpha value is -2.06. The highest BCUT2D eigenvalue weighted by Gasteiger charge is 2.17. The van der Waals surface area contributed by atoms with E-state index in [1.165, 1.54) is 11.1 Å². The Balaban J connectivity index is 1.55. The lowest BCUT2D eigenvalue weighted by Gasteiger charge is -2.26. The summed E-state index contributed by atoms with van der Waals surface area (Å²) in [6.07, 6.45) is 4.38. The maximum Gasteiger partial charge on any atom is 0.223 e. The quantitative estimate of drug-likeness (QED) is 0.805. The molecule has 0 saturated carbocycles. The van der Waals surface area contributed by atoms with Crippen molar-refractivity contribution in [3.63, 3.8) is 0 Å². The number of aryl methyl sites for hydroxylation is 1. The van der Waals surface area contributed by atoms with Crippen LogP contribution in [0.5, 0.6) is 0 Å². The van der Waals surface area contributed by atoms with Crippen molar-refractivity contribution in [1.29, 1.82) is 0 Å². The van der Waals surface area contributed by atoms with Gasteiger partial charge in [0.1, 0.15) is 0 Å². The van der Waals surface area contributed by atoms with E-state index in [0.29, 0.717) is 13.0 Å². The van der Waals surface area contributed by atoms with Gasteiger partial charge in [0.2, 0.25) is 5.91 Å². The first-order chi connectivity index (χ1) is 11.2. The molecule has 0 radical (unpaired) electrons. The Labute approximate surface area is 142 Å². The molecule has 0 aliphatic carbocycles. The Kier molecular flexibility index (Phi) is 5.14. The summed E-state index contributed by atoms with van der Waals surface area (Å²) >= 11 is 5.98. The zero-order valence-corrected chi connectivity index (χ0v) is 13.8. The van der Waals surface area contributed by atoms with Gasteiger partial charge in [-0.1, -0.05) is 60.1 Å². The third kappa shape index (κ3) is 4.23. The highest BCUT2D eigenvalue weighted by molar-refractivity contribution is 6.30. The number of amides is 1. The van der Waals surface area contributed by atoms with E-state index in [2.05, 4.69) is 30.3 Å². The molecule has 1 heterocycles. The minimum Gasteiger partial charge on any atom is -0.339 e. The van der Waals surface area contributed by atoms with Crippen molar-refractivity contribution in [2.75, 3.05) is 13.1 Å². The number of benzene rings is 2. The van der Waals surface area contributed by atoms with Gasteiger partial charge < -0.3 is 4.90 Å². The van der Waals surface area contributed by atoms with Crippen molar-refractivity contribution in [3.05, 3.63) is 76.8 Å². The summed E-state index contributed by atoms with van der Waals surface area (Å²) in [4.78, 5) is 14.3. The maximum absolute atomic E-state index is 12.4. The summed E-state index contributed by atoms with van der Waals surface area (Å²) in [6, 6.07) is 18.1. The molecule has 0 atom stereocenters. The molecule has 1 aliphatic rings. The average Bonchev–Trinajstić information content (AvgIpc) is 2.61. The zero-order chi connectivity index (χ0) is 16.1. The summed E-state index contributed by atoms with van der Waals surface area (Å²) < 4.78 is 0. The minimum atomic E-state index is 0.216. The molecule has 0 aromatic heterocycles. The van der Waals surface area contributed by atoms with Crippen LogP contribution >= 0.6 is 11.6 Å². The fourth-order valence-electron chi connectivity index (χ4n) is 2.91. The van der Waals surface area contributed by atoms with Gasteiger partial charge in [-0.2, -0.15) is 0 Å². The molecule has 0 fully saturated rings. The van der Waals surface area contributed by atoms with Crippen LogP contribution in [0, 0.1) is 0 Å². The first kappa shape index (κ1) is 15.8. The largest absolute Gasteiger partial charge is 0.339 e. The van der Waals surface area contributed by atoms with Gasteiger partial charge in [0.25, 0.3) is 0 Å². The Morgan fingerprint density at radius 2 is 1.91 bits per heavy atom. The van der Waals surface area contributed by atoms with Gasteiger partial charge in [-0.25, -0.2) is 0 Å². The van der Waals surface area contributed by atoms with Crippen LogP contribution in [-0.2, 0) is 11.2 Å². The number of halogens is 1. The third-order valence-electron chi connectivity index (χ3n) is 4.22. The van der Waals surface area contributed by atoms with Crippen LogP contribution in [0.3, 0.4) is 0 Å². The molecule has 1 aliphatic heterocycles. The van der Waals surface area contributed by atoms with Crippen LogP contribution in [0.2, 0.25) is 5.02 Å². The Bertz CT molecular complexity index is 709. The van der Waals surface area contributed by atoms with E-state index in [1.54, 1.807) is 0 Å². The smallest absolute Gasteiger partial charge is 0.223 e. The molecule has 3 rings (SSSR count). The van der Waals surface area contributed by atoms with Crippen LogP contribution < -0.4 is 0 Å². The standard InChI is InChI=1S/C20H20ClNO/c21-19-8-4-5-16(15-19)9-10-20(23)22-13-11-18(12-14-22)17-6-2-1-3-7-17/h1-8,11,15H,9-10,12-14H2. The second-order valence-electron chi connectivity index (χ2n) is 5.82. The fraction of sp³-hybridized carbons (Fsp3) is 0.250. The van der Waals surface area contributed by atoms with Crippen molar-refractivity contribution in [1.82, 2.24) is 4.90 Å². The molecule has 1 amide bonds. The molecule has 2 aromatic rings. The van der Waals surface area contributed by atoms with Crippen LogP contribution in [0.25, 0.3) is 5.57 Å². The topological polar surface area (TPSA) is 20.3 Å². The van der Waals surface area contributed by atoms with E-state index in [1.807, 2.05) is 35.2 Å². The van der Waals surface area contributed by atoms with E-state index >= 15 is 0 Å². The monoisotopic (exact) mass is 325 g/mol. The van der Waals surface area contributed by atoms with Crippen molar-refractivity contribution in [2.24, 2.45) is 0 Å². The van der Waals surface area contributed by atoms with Crippen LogP contribution in [0.15, 0.2) is 60.7 Å². The molecular weight excluding hydrogens is 306 g/mol. The Morgan fingerprint density at radius 1 is 1.09 bits per heavy atom. The summed E-state index contributed by atoms with van der Waals surface area (Å²) in [6.45, 7) is 1.51. The SMILES string of the molecule is O=C(CCc1cccc(Cl)c1)N1CC=C(c2ccccc2)CC1. The molecule has 118 valence electrons. The van der Waals surface area contributed by atoms with Crippen LogP contribution in [0.4, 0.5) is 0 Å². The van der Waals surface area contributed by atoms with Gasteiger partial charge >= 0.3 is 0 Å². The van der Waals surface area contributed by atoms with Crippen molar-refractivity contribution in [2.45, 2.75) is 19.3 Å². The molecule has 2 nitrogen and oxygen atoms in total. The molecule has 3 heteroatoms. The molecule has 0 unspecified atom stereocenters. The van der Waals surface area contributed by atoms with Crippen LogP contribution in [0.1, 0.15) is 24.0 Å². The van der Waals surface area contributed by atoms with Crippen molar-refractivity contribution < 1.29 is 4.79 Å². The lowest BCUT2D eigenvalue weighted by atomic mass is 9.99. The molecule has 23 heavy (non-hydrogen) atoms. The average molecular weight is 326 g/mol. The predicted octanol–water partition coefficient (Wildman–Crippen LogP) is 4.59. The zero-order valence-electron chi connectivity index (χ0n) is 13.0. The number of nitrogens with zero attached hydrogens (tertiary/aromatic N) is 1. The van der Waals surface area contributed by atoms with E-state index < -0.39 is 0 Å². The van der Waals surface area contributed by atoms with E-state index in [-0.39, 0.29) is 5.91 Å². The fourth-order valence-corrected chi connectivity index (χ4v) is 3.12. The molecule has 0 spiro atoms. The highest BCUT2D eigenvalue weighted by Crippen LogP contribution is 2.22. The first-order valence-corrected chi connectivity index (χ1v) is 8.37. The second-order valence-corrected chi connectivity index (χ2v) is 6.25. The van der Waals surface area contributed by atoms with Gasteiger partial charge in [0.05, 0.1) is 0 Å².